The SMILES string of the molecule is CCc1ccc(N(C(C)C(=O)Cl)S(=O)(=O)c2ccc(Cl)cc2)cc1. The lowest BCUT2D eigenvalue weighted by molar-refractivity contribution is -0.112. The van der Waals surface area contributed by atoms with Gasteiger partial charge in [0.1, 0.15) is 6.04 Å². The number of carbonyl (C=O) groups is 1. The molecular formula is C17H17Cl2NO3S. The van der Waals surface area contributed by atoms with Crippen LogP contribution >= 0.6 is 23.2 Å². The van der Waals surface area contributed by atoms with Crippen LogP contribution in [0.2, 0.25) is 5.02 Å². The van der Waals surface area contributed by atoms with Crippen LogP contribution in [0.3, 0.4) is 0 Å². The smallest absolute Gasteiger partial charge is 0.265 e. The number of nitrogens with zero attached hydrogens (tertiary/aromatic N) is 1. The van der Waals surface area contributed by atoms with E-state index in [1.165, 1.54) is 31.2 Å². The first-order chi connectivity index (χ1) is 11.3. The van der Waals surface area contributed by atoms with E-state index in [4.69, 9.17) is 23.2 Å². The molecule has 0 spiro atoms. The molecule has 0 aliphatic heterocycles. The molecule has 0 amide bonds. The van der Waals surface area contributed by atoms with Crippen LogP contribution in [0.5, 0.6) is 0 Å². The lowest BCUT2D eigenvalue weighted by Crippen LogP contribution is -2.42. The van der Waals surface area contributed by atoms with Crippen molar-refractivity contribution in [3.8, 4) is 0 Å². The van der Waals surface area contributed by atoms with Crippen molar-refractivity contribution in [2.75, 3.05) is 4.31 Å². The molecule has 0 aromatic heterocycles. The molecular weight excluding hydrogens is 369 g/mol. The Morgan fingerprint density at radius 3 is 2.08 bits per heavy atom. The minimum atomic E-state index is -3.97. The Bertz CT molecular complexity index is 818. The molecule has 0 bridgehead atoms. The van der Waals surface area contributed by atoms with E-state index >= 15 is 0 Å². The number of rotatable bonds is 6. The maximum Gasteiger partial charge on any atom is 0.265 e. The van der Waals surface area contributed by atoms with Crippen LogP contribution < -0.4 is 4.31 Å². The number of hydrogen-bond donors (Lipinski definition) is 0. The molecule has 24 heavy (non-hydrogen) atoms. The van der Waals surface area contributed by atoms with Gasteiger partial charge in [-0.3, -0.25) is 9.10 Å². The van der Waals surface area contributed by atoms with Gasteiger partial charge in [-0.25, -0.2) is 8.42 Å². The van der Waals surface area contributed by atoms with Gasteiger partial charge in [0.2, 0.25) is 5.24 Å². The third-order valence-electron chi connectivity index (χ3n) is 3.65. The molecule has 2 aromatic carbocycles. The van der Waals surface area contributed by atoms with Gasteiger partial charge < -0.3 is 0 Å². The summed E-state index contributed by atoms with van der Waals surface area (Å²) >= 11 is 11.4. The standard InChI is InChI=1S/C17H17Cl2NO3S/c1-3-13-4-8-15(9-5-13)20(12(2)17(19)21)24(22,23)16-10-6-14(18)7-11-16/h4-12H,3H2,1-2H3. The van der Waals surface area contributed by atoms with Crippen LogP contribution in [0.15, 0.2) is 53.4 Å². The van der Waals surface area contributed by atoms with E-state index in [2.05, 4.69) is 0 Å². The van der Waals surface area contributed by atoms with E-state index < -0.39 is 21.3 Å². The van der Waals surface area contributed by atoms with E-state index in [0.717, 1.165) is 16.3 Å². The van der Waals surface area contributed by atoms with E-state index in [1.807, 2.05) is 19.1 Å². The minimum absolute atomic E-state index is 0.0382. The predicted molar refractivity (Wildman–Crippen MR) is 97.3 cm³/mol. The molecule has 0 saturated carbocycles. The van der Waals surface area contributed by atoms with Gasteiger partial charge in [0, 0.05) is 5.02 Å². The summed E-state index contributed by atoms with van der Waals surface area (Å²) in [6, 6.07) is 11.7. The molecule has 0 heterocycles. The molecule has 0 aliphatic rings. The second kappa shape index (κ2) is 7.55. The van der Waals surface area contributed by atoms with Gasteiger partial charge >= 0.3 is 0 Å². The molecule has 2 rings (SSSR count). The Balaban J connectivity index is 2.56. The summed E-state index contributed by atoms with van der Waals surface area (Å²) in [5, 5.41) is -0.332. The predicted octanol–water partition coefficient (Wildman–Crippen LogP) is 4.25. The Morgan fingerprint density at radius 2 is 1.62 bits per heavy atom. The highest BCUT2D eigenvalue weighted by Crippen LogP contribution is 2.28. The molecule has 1 atom stereocenters. The van der Waals surface area contributed by atoms with Crippen molar-refractivity contribution < 1.29 is 13.2 Å². The number of aryl methyl sites for hydroxylation is 1. The fourth-order valence-corrected chi connectivity index (χ4v) is 4.16. The zero-order valence-electron chi connectivity index (χ0n) is 13.2. The Morgan fingerprint density at radius 1 is 1.08 bits per heavy atom. The monoisotopic (exact) mass is 385 g/mol. The molecule has 0 N–H and O–H groups in total. The van der Waals surface area contributed by atoms with Gasteiger partial charge in [-0.1, -0.05) is 30.7 Å². The summed E-state index contributed by atoms with van der Waals surface area (Å²) in [4.78, 5) is 11.7. The van der Waals surface area contributed by atoms with Gasteiger partial charge in [0.25, 0.3) is 10.0 Å². The molecule has 4 nitrogen and oxygen atoms in total. The van der Waals surface area contributed by atoms with E-state index in [0.29, 0.717) is 10.7 Å². The number of carbonyl (C=O) groups excluding carboxylic acids is 1. The summed E-state index contributed by atoms with van der Waals surface area (Å²) in [5.41, 5.74) is 1.44. The van der Waals surface area contributed by atoms with Crippen LogP contribution in [0, 0.1) is 0 Å². The highest BCUT2D eigenvalue weighted by atomic mass is 35.5. The number of benzene rings is 2. The fourth-order valence-electron chi connectivity index (χ4n) is 2.26. The first-order valence-electron chi connectivity index (χ1n) is 7.35. The fraction of sp³-hybridized carbons (Fsp3) is 0.235. The zero-order valence-corrected chi connectivity index (χ0v) is 15.6. The van der Waals surface area contributed by atoms with Crippen LogP contribution in [-0.2, 0) is 21.2 Å². The maximum atomic E-state index is 13.0. The van der Waals surface area contributed by atoms with Crippen LogP contribution in [0.25, 0.3) is 0 Å². The van der Waals surface area contributed by atoms with Crippen molar-refractivity contribution in [3.05, 3.63) is 59.1 Å². The third kappa shape index (κ3) is 3.91. The van der Waals surface area contributed by atoms with E-state index in [9.17, 15) is 13.2 Å². The molecule has 2 aromatic rings. The Kier molecular flexibility index (Phi) is 5.91. The number of halogens is 2. The van der Waals surface area contributed by atoms with Crippen molar-refractivity contribution >= 4 is 44.2 Å². The van der Waals surface area contributed by atoms with Crippen molar-refractivity contribution in [2.24, 2.45) is 0 Å². The lowest BCUT2D eigenvalue weighted by atomic mass is 10.1. The topological polar surface area (TPSA) is 54.5 Å². The lowest BCUT2D eigenvalue weighted by Gasteiger charge is -2.28. The van der Waals surface area contributed by atoms with Crippen LogP contribution in [0.1, 0.15) is 19.4 Å². The molecule has 0 aliphatic carbocycles. The average molecular weight is 386 g/mol. The molecule has 0 saturated heterocycles. The summed E-state index contributed by atoms with van der Waals surface area (Å²) in [7, 11) is -3.97. The van der Waals surface area contributed by atoms with Crippen molar-refractivity contribution in [1.82, 2.24) is 0 Å². The number of sulfonamides is 1. The summed E-state index contributed by atoms with van der Waals surface area (Å²) < 4.78 is 27.1. The zero-order chi connectivity index (χ0) is 17.9. The van der Waals surface area contributed by atoms with Gasteiger partial charge in [-0.2, -0.15) is 0 Å². The average Bonchev–Trinajstić information content (AvgIpc) is 2.55. The summed E-state index contributed by atoms with van der Waals surface area (Å²) in [5.74, 6) is 0. The van der Waals surface area contributed by atoms with Gasteiger partial charge in [0.15, 0.2) is 0 Å². The number of anilines is 1. The van der Waals surface area contributed by atoms with Gasteiger partial charge in [0.05, 0.1) is 10.6 Å². The summed E-state index contributed by atoms with van der Waals surface area (Å²) in [6.07, 6.45) is 0.828. The molecule has 1 unspecified atom stereocenters. The second-order valence-electron chi connectivity index (χ2n) is 5.25. The summed E-state index contributed by atoms with van der Waals surface area (Å²) in [6.45, 7) is 3.46. The maximum absolute atomic E-state index is 13.0. The highest BCUT2D eigenvalue weighted by Gasteiger charge is 2.32. The van der Waals surface area contributed by atoms with Crippen LogP contribution in [-0.4, -0.2) is 19.7 Å². The van der Waals surface area contributed by atoms with E-state index in [1.54, 1.807) is 12.1 Å². The van der Waals surface area contributed by atoms with E-state index in [-0.39, 0.29) is 4.90 Å². The first-order valence-corrected chi connectivity index (χ1v) is 9.55. The number of hydrogen-bond acceptors (Lipinski definition) is 3. The van der Waals surface area contributed by atoms with Crippen molar-refractivity contribution in [2.45, 2.75) is 31.2 Å². The quantitative estimate of drug-likeness (QED) is 0.698. The Labute approximate surface area is 152 Å². The second-order valence-corrected chi connectivity index (χ2v) is 7.88. The molecule has 0 radical (unpaired) electrons. The molecule has 0 fully saturated rings. The highest BCUT2D eigenvalue weighted by molar-refractivity contribution is 7.93. The minimum Gasteiger partial charge on any atom is -0.279 e. The van der Waals surface area contributed by atoms with Crippen molar-refractivity contribution in [1.29, 1.82) is 0 Å². The molecule has 7 heteroatoms. The molecule has 128 valence electrons. The van der Waals surface area contributed by atoms with Crippen LogP contribution in [0.4, 0.5) is 5.69 Å². The largest absolute Gasteiger partial charge is 0.279 e. The van der Waals surface area contributed by atoms with Gasteiger partial charge in [-0.15, -0.1) is 0 Å². The van der Waals surface area contributed by atoms with Crippen molar-refractivity contribution in [3.63, 3.8) is 0 Å². The Hall–Kier alpha value is -1.56. The third-order valence-corrected chi connectivity index (χ3v) is 6.13. The van der Waals surface area contributed by atoms with Gasteiger partial charge in [-0.05, 0) is 66.9 Å². The normalized spacial score (nSPS) is 12.7. The first kappa shape index (κ1) is 18.8.